The minimum Gasteiger partial charge on any atom is -0.477 e. The predicted octanol–water partition coefficient (Wildman–Crippen LogP) is -0.699. The van der Waals surface area contributed by atoms with E-state index in [2.05, 4.69) is 5.10 Å². The highest BCUT2D eigenvalue weighted by molar-refractivity contribution is 5.90. The van der Waals surface area contributed by atoms with Crippen LogP contribution in [0.5, 0.6) is 5.88 Å². The van der Waals surface area contributed by atoms with Gasteiger partial charge in [-0.3, -0.25) is 0 Å². The molecular formula is C7H9N3O3. The van der Waals surface area contributed by atoms with Gasteiger partial charge < -0.3 is 15.6 Å². The Hall–Kier alpha value is -1.56. The van der Waals surface area contributed by atoms with Crippen molar-refractivity contribution in [3.05, 3.63) is 11.8 Å². The van der Waals surface area contributed by atoms with Crippen LogP contribution in [0.25, 0.3) is 0 Å². The van der Waals surface area contributed by atoms with E-state index in [1.807, 2.05) is 0 Å². The molecule has 6 heteroatoms. The Labute approximate surface area is 73.9 Å². The second kappa shape index (κ2) is 2.74. The number of nitrogens with zero attached hydrogens (tertiary/aromatic N) is 2. The molecule has 0 amide bonds. The molecule has 1 aliphatic heterocycles. The Morgan fingerprint density at radius 1 is 1.85 bits per heavy atom. The Balaban J connectivity index is 2.39. The van der Waals surface area contributed by atoms with E-state index in [4.69, 9.17) is 15.6 Å². The summed E-state index contributed by atoms with van der Waals surface area (Å²) < 4.78 is 6.63. The summed E-state index contributed by atoms with van der Waals surface area (Å²) in [6.45, 7) is 0.842. The fourth-order valence-electron chi connectivity index (χ4n) is 1.26. The van der Waals surface area contributed by atoms with Crippen LogP contribution in [0.3, 0.4) is 0 Å². The van der Waals surface area contributed by atoms with Crippen LogP contribution in [-0.2, 0) is 6.54 Å². The summed E-state index contributed by atoms with van der Waals surface area (Å²) in [6.07, 6.45) is 1.27. The van der Waals surface area contributed by atoms with Gasteiger partial charge >= 0.3 is 5.97 Å². The molecule has 0 radical (unpaired) electrons. The number of hydrogen-bond donors (Lipinski definition) is 2. The summed E-state index contributed by atoms with van der Waals surface area (Å²) in [4.78, 5) is 10.7. The van der Waals surface area contributed by atoms with Crippen molar-refractivity contribution in [1.82, 2.24) is 9.78 Å². The Morgan fingerprint density at radius 3 is 3.31 bits per heavy atom. The summed E-state index contributed by atoms with van der Waals surface area (Å²) in [5.41, 5.74) is 5.69. The van der Waals surface area contributed by atoms with Gasteiger partial charge in [-0.15, -0.1) is 0 Å². The topological polar surface area (TPSA) is 90.4 Å². The van der Waals surface area contributed by atoms with Crippen molar-refractivity contribution in [2.75, 3.05) is 6.61 Å². The summed E-state index contributed by atoms with van der Waals surface area (Å²) in [5.74, 6) is -0.731. The monoisotopic (exact) mass is 183 g/mol. The van der Waals surface area contributed by atoms with Gasteiger partial charge in [0.25, 0.3) is 0 Å². The van der Waals surface area contributed by atoms with Gasteiger partial charge in [0.2, 0.25) is 5.88 Å². The number of ether oxygens (including phenoxy) is 1. The molecule has 1 aromatic rings. The predicted molar refractivity (Wildman–Crippen MR) is 42.7 cm³/mol. The quantitative estimate of drug-likeness (QED) is 0.600. The lowest BCUT2D eigenvalue weighted by Gasteiger charge is -2.20. The zero-order valence-electron chi connectivity index (χ0n) is 6.80. The Kier molecular flexibility index (Phi) is 1.70. The SMILES string of the molecule is NC1COc2c(C(=O)O)cnn2C1. The van der Waals surface area contributed by atoms with Crippen LogP contribution in [0, 0.1) is 0 Å². The number of fused-ring (bicyclic) bond motifs is 1. The van der Waals surface area contributed by atoms with E-state index in [9.17, 15) is 4.79 Å². The number of carboxylic acids is 1. The first-order chi connectivity index (χ1) is 6.18. The van der Waals surface area contributed by atoms with Crippen LogP contribution in [0.15, 0.2) is 6.20 Å². The molecule has 0 aliphatic carbocycles. The normalized spacial score (nSPS) is 20.5. The van der Waals surface area contributed by atoms with Gasteiger partial charge in [-0.05, 0) is 0 Å². The molecule has 0 saturated carbocycles. The van der Waals surface area contributed by atoms with E-state index in [0.29, 0.717) is 19.0 Å². The summed E-state index contributed by atoms with van der Waals surface area (Å²) >= 11 is 0. The number of aromatic nitrogens is 2. The van der Waals surface area contributed by atoms with Crippen molar-refractivity contribution in [3.63, 3.8) is 0 Å². The highest BCUT2D eigenvalue weighted by atomic mass is 16.5. The molecule has 0 bridgehead atoms. The summed E-state index contributed by atoms with van der Waals surface area (Å²) in [6, 6.07) is -0.117. The second-order valence-corrected chi connectivity index (χ2v) is 2.92. The van der Waals surface area contributed by atoms with Crippen LogP contribution in [0.2, 0.25) is 0 Å². The number of hydrogen-bond acceptors (Lipinski definition) is 4. The smallest absolute Gasteiger partial charge is 0.342 e. The van der Waals surface area contributed by atoms with Gasteiger partial charge in [-0.2, -0.15) is 5.10 Å². The largest absolute Gasteiger partial charge is 0.477 e. The number of aromatic carboxylic acids is 1. The summed E-state index contributed by atoms with van der Waals surface area (Å²) in [7, 11) is 0. The molecule has 70 valence electrons. The number of nitrogens with two attached hydrogens (primary N) is 1. The average molecular weight is 183 g/mol. The van der Waals surface area contributed by atoms with Gasteiger partial charge in [0.15, 0.2) is 0 Å². The molecule has 0 spiro atoms. The molecule has 0 fully saturated rings. The highest BCUT2D eigenvalue weighted by Crippen LogP contribution is 2.21. The zero-order chi connectivity index (χ0) is 9.42. The van der Waals surface area contributed by atoms with Gasteiger partial charge in [0.05, 0.1) is 18.8 Å². The van der Waals surface area contributed by atoms with Crippen molar-refractivity contribution >= 4 is 5.97 Å². The minimum absolute atomic E-state index is 0.0897. The maximum absolute atomic E-state index is 10.7. The maximum atomic E-state index is 10.7. The van der Waals surface area contributed by atoms with E-state index in [-0.39, 0.29) is 11.6 Å². The van der Waals surface area contributed by atoms with Crippen molar-refractivity contribution in [3.8, 4) is 5.88 Å². The third-order valence-electron chi connectivity index (χ3n) is 1.86. The van der Waals surface area contributed by atoms with Crippen LogP contribution in [0.4, 0.5) is 0 Å². The van der Waals surface area contributed by atoms with E-state index in [1.54, 1.807) is 0 Å². The van der Waals surface area contributed by atoms with Crippen molar-refractivity contribution in [2.45, 2.75) is 12.6 Å². The number of rotatable bonds is 1. The van der Waals surface area contributed by atoms with E-state index < -0.39 is 5.97 Å². The highest BCUT2D eigenvalue weighted by Gasteiger charge is 2.23. The van der Waals surface area contributed by atoms with Crippen LogP contribution in [0.1, 0.15) is 10.4 Å². The van der Waals surface area contributed by atoms with Crippen molar-refractivity contribution in [1.29, 1.82) is 0 Å². The summed E-state index contributed by atoms with van der Waals surface area (Å²) in [5, 5.41) is 12.6. The fraction of sp³-hybridized carbons (Fsp3) is 0.429. The average Bonchev–Trinajstić information content (AvgIpc) is 2.46. The van der Waals surface area contributed by atoms with Crippen molar-refractivity contribution < 1.29 is 14.6 Å². The number of carboxylic acid groups (broad SMARTS) is 1. The second-order valence-electron chi connectivity index (χ2n) is 2.92. The van der Waals surface area contributed by atoms with Gasteiger partial charge in [-0.1, -0.05) is 0 Å². The Bertz CT molecular complexity index is 347. The molecular weight excluding hydrogens is 174 g/mol. The lowest BCUT2D eigenvalue weighted by atomic mass is 10.3. The molecule has 13 heavy (non-hydrogen) atoms. The molecule has 1 atom stereocenters. The minimum atomic E-state index is -1.03. The molecule has 0 saturated heterocycles. The lowest BCUT2D eigenvalue weighted by molar-refractivity contribution is 0.0688. The van der Waals surface area contributed by atoms with E-state index >= 15 is 0 Å². The first-order valence-electron chi connectivity index (χ1n) is 3.86. The molecule has 2 heterocycles. The van der Waals surface area contributed by atoms with Crippen LogP contribution >= 0.6 is 0 Å². The van der Waals surface area contributed by atoms with Gasteiger partial charge in [0, 0.05) is 0 Å². The molecule has 0 aromatic carbocycles. The van der Waals surface area contributed by atoms with E-state index in [0.717, 1.165) is 0 Å². The molecule has 1 aliphatic rings. The standard InChI is InChI=1S/C7H9N3O3/c8-4-2-10-6(13-3-4)5(1-9-10)7(11)12/h1,4H,2-3,8H2,(H,11,12). The lowest BCUT2D eigenvalue weighted by Crippen LogP contribution is -2.37. The molecule has 6 nitrogen and oxygen atoms in total. The molecule has 1 aromatic heterocycles. The van der Waals surface area contributed by atoms with Gasteiger partial charge in [0.1, 0.15) is 12.2 Å². The molecule has 3 N–H and O–H groups in total. The van der Waals surface area contributed by atoms with Crippen LogP contribution in [-0.4, -0.2) is 33.5 Å². The third-order valence-corrected chi connectivity index (χ3v) is 1.86. The first kappa shape index (κ1) is 8.06. The number of carbonyl (C=O) groups is 1. The van der Waals surface area contributed by atoms with Crippen molar-refractivity contribution in [2.24, 2.45) is 5.73 Å². The third kappa shape index (κ3) is 1.25. The first-order valence-corrected chi connectivity index (χ1v) is 3.86. The van der Waals surface area contributed by atoms with Gasteiger partial charge in [-0.25, -0.2) is 9.48 Å². The van der Waals surface area contributed by atoms with Crippen LogP contribution < -0.4 is 10.5 Å². The molecule has 2 rings (SSSR count). The zero-order valence-corrected chi connectivity index (χ0v) is 6.80. The molecule has 1 unspecified atom stereocenters. The maximum Gasteiger partial charge on any atom is 0.342 e. The van der Waals surface area contributed by atoms with E-state index in [1.165, 1.54) is 10.9 Å². The Morgan fingerprint density at radius 2 is 2.62 bits per heavy atom. The fourth-order valence-corrected chi connectivity index (χ4v) is 1.26.